The maximum absolute atomic E-state index is 13.4. The van der Waals surface area contributed by atoms with Crippen LogP contribution in [-0.2, 0) is 4.74 Å². The number of aromatic nitrogens is 3. The summed E-state index contributed by atoms with van der Waals surface area (Å²) >= 11 is 6.27. The molecule has 25 heavy (non-hydrogen) atoms. The average Bonchev–Trinajstić information content (AvgIpc) is 2.63. The van der Waals surface area contributed by atoms with E-state index in [1.165, 1.54) is 12.3 Å². The number of H-pyrrole nitrogens is 1. The molecule has 4 rings (SSSR count). The standard InChI is InChI=1S/C17H18ClFN4O2/c18-14-16(23-7-8-25-12-4-2-1-3-11(12)23)21-15(22-17(14)24)10-5-6-20-13(19)9-10/h5-6,9,11-12H,1-4,7-8H2,(H,21,22,24)/t11-,12-/m0/s1. The van der Waals surface area contributed by atoms with Crippen LogP contribution in [0.15, 0.2) is 23.1 Å². The van der Waals surface area contributed by atoms with Crippen LogP contribution in [0.4, 0.5) is 10.2 Å². The van der Waals surface area contributed by atoms with Gasteiger partial charge in [-0.3, -0.25) is 4.79 Å². The van der Waals surface area contributed by atoms with Gasteiger partial charge >= 0.3 is 0 Å². The first-order valence-corrected chi connectivity index (χ1v) is 8.81. The van der Waals surface area contributed by atoms with Gasteiger partial charge in [-0.25, -0.2) is 9.97 Å². The minimum Gasteiger partial charge on any atom is -0.374 e. The van der Waals surface area contributed by atoms with E-state index in [-0.39, 0.29) is 23.0 Å². The molecule has 132 valence electrons. The Morgan fingerprint density at radius 3 is 3.04 bits per heavy atom. The van der Waals surface area contributed by atoms with E-state index >= 15 is 0 Å². The lowest BCUT2D eigenvalue weighted by atomic mass is 9.90. The van der Waals surface area contributed by atoms with Gasteiger partial charge in [0.1, 0.15) is 10.8 Å². The molecule has 8 heteroatoms. The summed E-state index contributed by atoms with van der Waals surface area (Å²) in [6, 6.07) is 3.00. The molecule has 1 N–H and O–H groups in total. The van der Waals surface area contributed by atoms with Gasteiger partial charge in [-0.1, -0.05) is 24.4 Å². The smallest absolute Gasteiger partial charge is 0.272 e. The molecular formula is C17H18ClFN4O2. The topological polar surface area (TPSA) is 71.1 Å². The van der Waals surface area contributed by atoms with Gasteiger partial charge in [0.15, 0.2) is 5.82 Å². The van der Waals surface area contributed by atoms with Gasteiger partial charge in [0.25, 0.3) is 5.56 Å². The molecule has 0 aromatic carbocycles. The molecular weight excluding hydrogens is 347 g/mol. The summed E-state index contributed by atoms with van der Waals surface area (Å²) < 4.78 is 19.3. The second-order valence-electron chi connectivity index (χ2n) is 6.37. The molecule has 1 saturated heterocycles. The molecule has 1 saturated carbocycles. The van der Waals surface area contributed by atoms with E-state index in [2.05, 4.69) is 19.9 Å². The third-order valence-electron chi connectivity index (χ3n) is 4.85. The number of nitrogens with zero attached hydrogens (tertiary/aromatic N) is 3. The monoisotopic (exact) mass is 364 g/mol. The van der Waals surface area contributed by atoms with Gasteiger partial charge in [-0.05, 0) is 18.9 Å². The highest BCUT2D eigenvalue weighted by Gasteiger charge is 2.36. The van der Waals surface area contributed by atoms with Crippen LogP contribution in [-0.4, -0.2) is 40.2 Å². The van der Waals surface area contributed by atoms with Gasteiger partial charge < -0.3 is 14.6 Å². The molecule has 2 aromatic rings. The van der Waals surface area contributed by atoms with E-state index in [9.17, 15) is 9.18 Å². The van der Waals surface area contributed by atoms with Crippen molar-refractivity contribution in [1.82, 2.24) is 15.0 Å². The fourth-order valence-electron chi connectivity index (χ4n) is 3.68. The maximum atomic E-state index is 13.4. The van der Waals surface area contributed by atoms with Crippen molar-refractivity contribution in [1.29, 1.82) is 0 Å². The van der Waals surface area contributed by atoms with Crippen LogP contribution in [0.1, 0.15) is 25.7 Å². The summed E-state index contributed by atoms with van der Waals surface area (Å²) in [6.45, 7) is 1.20. The Labute approximate surface area is 149 Å². The van der Waals surface area contributed by atoms with E-state index in [0.717, 1.165) is 25.7 Å². The van der Waals surface area contributed by atoms with Crippen molar-refractivity contribution in [3.05, 3.63) is 39.7 Å². The minimum atomic E-state index is -0.629. The van der Waals surface area contributed by atoms with Crippen molar-refractivity contribution in [3.63, 3.8) is 0 Å². The van der Waals surface area contributed by atoms with Gasteiger partial charge in [-0.2, -0.15) is 4.39 Å². The fraction of sp³-hybridized carbons (Fsp3) is 0.471. The Morgan fingerprint density at radius 1 is 1.36 bits per heavy atom. The molecule has 0 bridgehead atoms. The van der Waals surface area contributed by atoms with Crippen LogP contribution in [0.2, 0.25) is 5.02 Å². The molecule has 2 aliphatic rings. The lowest BCUT2D eigenvalue weighted by molar-refractivity contribution is -0.00898. The first kappa shape index (κ1) is 16.5. The highest BCUT2D eigenvalue weighted by atomic mass is 35.5. The summed E-state index contributed by atoms with van der Waals surface area (Å²) in [7, 11) is 0. The molecule has 1 aliphatic heterocycles. The first-order valence-electron chi connectivity index (χ1n) is 8.43. The average molecular weight is 365 g/mol. The molecule has 1 aliphatic carbocycles. The largest absolute Gasteiger partial charge is 0.374 e. The number of fused-ring (bicyclic) bond motifs is 1. The molecule has 2 aromatic heterocycles. The number of ether oxygens (including phenoxy) is 1. The van der Waals surface area contributed by atoms with E-state index in [1.54, 1.807) is 6.07 Å². The van der Waals surface area contributed by atoms with Crippen LogP contribution >= 0.6 is 11.6 Å². The third kappa shape index (κ3) is 3.14. The normalized spacial score (nSPS) is 23.4. The van der Waals surface area contributed by atoms with Crippen molar-refractivity contribution in [3.8, 4) is 11.4 Å². The highest BCUT2D eigenvalue weighted by Crippen LogP contribution is 2.33. The molecule has 6 nitrogen and oxygen atoms in total. The Kier molecular flexibility index (Phi) is 4.43. The molecule has 0 radical (unpaired) electrons. The van der Waals surface area contributed by atoms with E-state index in [4.69, 9.17) is 16.3 Å². The zero-order valence-electron chi connectivity index (χ0n) is 13.5. The maximum Gasteiger partial charge on any atom is 0.272 e. The molecule has 3 heterocycles. The Morgan fingerprint density at radius 2 is 2.20 bits per heavy atom. The second kappa shape index (κ2) is 6.72. The molecule has 0 unspecified atom stereocenters. The molecule has 0 amide bonds. The van der Waals surface area contributed by atoms with Gasteiger partial charge in [0.05, 0.1) is 18.8 Å². The number of anilines is 1. The summed E-state index contributed by atoms with van der Waals surface area (Å²) in [5.74, 6) is 0.0951. The predicted octanol–water partition coefficient (Wildman–Crippen LogP) is 2.77. The van der Waals surface area contributed by atoms with Crippen LogP contribution in [0.5, 0.6) is 0 Å². The van der Waals surface area contributed by atoms with Crippen molar-refractivity contribution in [2.75, 3.05) is 18.1 Å². The Balaban J connectivity index is 1.77. The van der Waals surface area contributed by atoms with Crippen molar-refractivity contribution >= 4 is 17.4 Å². The highest BCUT2D eigenvalue weighted by molar-refractivity contribution is 6.32. The van der Waals surface area contributed by atoms with Crippen LogP contribution in [0.25, 0.3) is 11.4 Å². The van der Waals surface area contributed by atoms with E-state index in [0.29, 0.717) is 24.5 Å². The van der Waals surface area contributed by atoms with Crippen molar-refractivity contribution < 1.29 is 9.13 Å². The summed E-state index contributed by atoms with van der Waals surface area (Å²) in [4.78, 5) is 25.1. The van der Waals surface area contributed by atoms with Crippen LogP contribution in [0, 0.1) is 5.95 Å². The summed E-state index contributed by atoms with van der Waals surface area (Å²) in [5, 5.41) is 0.0597. The summed E-state index contributed by atoms with van der Waals surface area (Å²) in [5.41, 5.74) is 0.0220. The quantitative estimate of drug-likeness (QED) is 0.830. The van der Waals surface area contributed by atoms with Crippen molar-refractivity contribution in [2.24, 2.45) is 0 Å². The number of halogens is 2. The fourth-order valence-corrected chi connectivity index (χ4v) is 3.88. The SMILES string of the molecule is O=c1[nH]c(-c2ccnc(F)c2)nc(N2CCO[C@H]3CCCC[C@@H]32)c1Cl. The Hall–Kier alpha value is -1.99. The zero-order valence-corrected chi connectivity index (χ0v) is 14.3. The lowest BCUT2D eigenvalue weighted by Crippen LogP contribution is -2.53. The number of pyridine rings is 1. The first-order chi connectivity index (χ1) is 12.1. The number of aromatic amines is 1. The number of hydrogen-bond acceptors (Lipinski definition) is 5. The second-order valence-corrected chi connectivity index (χ2v) is 6.75. The molecule has 2 atom stereocenters. The van der Waals surface area contributed by atoms with Gasteiger partial charge in [-0.15, -0.1) is 0 Å². The van der Waals surface area contributed by atoms with E-state index < -0.39 is 11.5 Å². The number of morpholine rings is 1. The van der Waals surface area contributed by atoms with Gasteiger partial charge in [0.2, 0.25) is 5.95 Å². The van der Waals surface area contributed by atoms with E-state index in [1.807, 2.05) is 0 Å². The lowest BCUT2D eigenvalue weighted by Gasteiger charge is -2.44. The van der Waals surface area contributed by atoms with Crippen LogP contribution < -0.4 is 10.5 Å². The number of hydrogen-bond donors (Lipinski definition) is 1. The van der Waals surface area contributed by atoms with Crippen LogP contribution in [0.3, 0.4) is 0 Å². The number of rotatable bonds is 2. The van der Waals surface area contributed by atoms with Crippen molar-refractivity contribution in [2.45, 2.75) is 37.8 Å². The minimum absolute atomic E-state index is 0.0597. The van der Waals surface area contributed by atoms with Gasteiger partial charge in [0, 0.05) is 24.4 Å². The number of nitrogens with one attached hydrogen (secondary N) is 1. The molecule has 0 spiro atoms. The Bertz CT molecular complexity index is 842. The predicted molar refractivity (Wildman–Crippen MR) is 92.4 cm³/mol. The third-order valence-corrected chi connectivity index (χ3v) is 5.19. The zero-order chi connectivity index (χ0) is 17.4. The summed E-state index contributed by atoms with van der Waals surface area (Å²) in [6.07, 6.45) is 5.72. The molecule has 2 fully saturated rings.